The molecule has 0 spiro atoms. The van der Waals surface area contributed by atoms with Crippen molar-refractivity contribution in [2.24, 2.45) is 0 Å². The van der Waals surface area contributed by atoms with Gasteiger partial charge in [-0.2, -0.15) is 0 Å². The first-order valence-corrected chi connectivity index (χ1v) is 7.50. The molecule has 1 aliphatic heterocycles. The molecule has 21 heavy (non-hydrogen) atoms. The molecule has 0 saturated carbocycles. The third kappa shape index (κ3) is 3.19. The Hall–Kier alpha value is -1.59. The van der Waals surface area contributed by atoms with Crippen molar-refractivity contribution in [3.8, 4) is 0 Å². The molecule has 1 aliphatic rings. The number of nitrogens with one attached hydrogen (secondary N) is 2. The minimum absolute atomic E-state index is 0.0109. The van der Waals surface area contributed by atoms with Crippen LogP contribution in [-0.2, 0) is 9.59 Å². The van der Waals surface area contributed by atoms with Gasteiger partial charge in [-0.15, -0.1) is 0 Å². The van der Waals surface area contributed by atoms with Gasteiger partial charge in [-0.1, -0.05) is 11.6 Å². The Labute approximate surface area is 129 Å². The number of hydrogen-bond acceptors (Lipinski definition) is 3. The van der Waals surface area contributed by atoms with Gasteiger partial charge in [0.2, 0.25) is 11.8 Å². The molecule has 2 N–H and O–H groups in total. The number of halogens is 1. The summed E-state index contributed by atoms with van der Waals surface area (Å²) in [4.78, 5) is 26.1. The van der Waals surface area contributed by atoms with Crippen molar-refractivity contribution >= 4 is 29.1 Å². The van der Waals surface area contributed by atoms with Crippen LogP contribution in [0.25, 0.3) is 0 Å². The summed E-state index contributed by atoms with van der Waals surface area (Å²) < 4.78 is 0. The van der Waals surface area contributed by atoms with Crippen LogP contribution in [0.3, 0.4) is 0 Å². The molecule has 114 valence electrons. The van der Waals surface area contributed by atoms with E-state index in [1.165, 1.54) is 0 Å². The molecule has 2 atom stereocenters. The molecule has 2 rings (SSSR count). The predicted octanol–water partition coefficient (Wildman–Crippen LogP) is 2.18. The van der Waals surface area contributed by atoms with Crippen LogP contribution < -0.4 is 10.6 Å². The van der Waals surface area contributed by atoms with E-state index >= 15 is 0 Å². The summed E-state index contributed by atoms with van der Waals surface area (Å²) in [5.41, 5.74) is 1.52. The highest BCUT2D eigenvalue weighted by Crippen LogP contribution is 2.33. The van der Waals surface area contributed by atoms with Crippen molar-refractivity contribution in [2.45, 2.75) is 32.9 Å². The van der Waals surface area contributed by atoms with Crippen molar-refractivity contribution in [2.75, 3.05) is 18.4 Å². The normalized spacial score (nSPS) is 18.1. The predicted molar refractivity (Wildman–Crippen MR) is 83.3 cm³/mol. The maximum atomic E-state index is 12.3. The fraction of sp³-hybridized carbons (Fsp3) is 0.467. The smallest absolute Gasteiger partial charge is 0.246 e. The van der Waals surface area contributed by atoms with Crippen LogP contribution in [-0.4, -0.2) is 35.8 Å². The van der Waals surface area contributed by atoms with E-state index in [4.69, 9.17) is 11.6 Å². The first kappa shape index (κ1) is 15.8. The molecule has 0 fully saturated rings. The van der Waals surface area contributed by atoms with Crippen molar-refractivity contribution in [1.29, 1.82) is 0 Å². The van der Waals surface area contributed by atoms with Crippen LogP contribution in [0.5, 0.6) is 0 Å². The number of benzene rings is 1. The van der Waals surface area contributed by atoms with Gasteiger partial charge < -0.3 is 10.2 Å². The van der Waals surface area contributed by atoms with Crippen LogP contribution in [0, 0.1) is 0 Å². The van der Waals surface area contributed by atoms with Gasteiger partial charge in [-0.25, -0.2) is 0 Å². The number of hydrogen-bond donors (Lipinski definition) is 2. The maximum Gasteiger partial charge on any atom is 0.246 e. The highest BCUT2D eigenvalue weighted by Gasteiger charge is 2.33. The number of carbonyl (C=O) groups excluding carboxylic acids is 2. The van der Waals surface area contributed by atoms with E-state index in [0.29, 0.717) is 18.1 Å². The average molecular weight is 310 g/mol. The summed E-state index contributed by atoms with van der Waals surface area (Å²) in [5.74, 6) is -0.172. The number of carbonyl (C=O) groups is 2. The van der Waals surface area contributed by atoms with Crippen LogP contribution in [0.1, 0.15) is 32.4 Å². The molecule has 1 heterocycles. The number of anilines is 1. The van der Waals surface area contributed by atoms with Crippen LogP contribution in [0.2, 0.25) is 5.02 Å². The van der Waals surface area contributed by atoms with Gasteiger partial charge in [0, 0.05) is 29.4 Å². The lowest BCUT2D eigenvalue weighted by atomic mass is 10.1. The van der Waals surface area contributed by atoms with E-state index in [2.05, 4.69) is 10.6 Å². The monoisotopic (exact) mass is 309 g/mol. The number of amides is 2. The second-order valence-electron chi connectivity index (χ2n) is 5.05. The number of nitrogens with zero attached hydrogens (tertiary/aromatic N) is 1. The molecule has 0 bridgehead atoms. The standard InChI is InChI=1S/C15H20ClN3O2/c1-4-19(5-2)15(21)9(3)17-13-11-8-10(16)6-7-12(11)18-14(13)20/h6-9,13,17H,4-5H2,1-3H3,(H,18,20). The second-order valence-corrected chi connectivity index (χ2v) is 5.49. The Morgan fingerprint density at radius 2 is 2.10 bits per heavy atom. The fourth-order valence-corrected chi connectivity index (χ4v) is 2.71. The molecule has 6 heteroatoms. The molecule has 0 radical (unpaired) electrons. The molecular formula is C15H20ClN3O2. The largest absolute Gasteiger partial charge is 0.342 e. The lowest BCUT2D eigenvalue weighted by Crippen LogP contribution is -2.47. The number of likely N-dealkylation sites (N-methyl/N-ethyl adjacent to an activating group) is 1. The topological polar surface area (TPSA) is 61.4 Å². The van der Waals surface area contributed by atoms with E-state index in [1.54, 1.807) is 30.0 Å². The van der Waals surface area contributed by atoms with Gasteiger partial charge in [0.15, 0.2) is 0 Å². The summed E-state index contributed by atoms with van der Waals surface area (Å²) in [7, 11) is 0. The van der Waals surface area contributed by atoms with Crippen LogP contribution in [0.15, 0.2) is 18.2 Å². The summed E-state index contributed by atoms with van der Waals surface area (Å²) in [6.45, 7) is 6.95. The van der Waals surface area contributed by atoms with Crippen molar-refractivity contribution in [3.63, 3.8) is 0 Å². The van der Waals surface area contributed by atoms with Crippen LogP contribution in [0.4, 0.5) is 5.69 Å². The highest BCUT2D eigenvalue weighted by atomic mass is 35.5. The SMILES string of the molecule is CCN(CC)C(=O)C(C)NC1C(=O)Nc2ccc(Cl)cc21. The Morgan fingerprint density at radius 1 is 1.43 bits per heavy atom. The molecular weight excluding hydrogens is 290 g/mol. The molecule has 5 nitrogen and oxygen atoms in total. The summed E-state index contributed by atoms with van der Waals surface area (Å²) >= 11 is 5.99. The quantitative estimate of drug-likeness (QED) is 0.876. The number of fused-ring (bicyclic) bond motifs is 1. The van der Waals surface area contributed by atoms with Crippen molar-refractivity contribution in [3.05, 3.63) is 28.8 Å². The van der Waals surface area contributed by atoms with Gasteiger partial charge in [-0.05, 0) is 39.0 Å². The van der Waals surface area contributed by atoms with Crippen molar-refractivity contribution in [1.82, 2.24) is 10.2 Å². The summed E-state index contributed by atoms with van der Waals surface area (Å²) in [6.07, 6.45) is 0. The molecule has 0 aromatic heterocycles. The number of rotatable bonds is 5. The van der Waals surface area contributed by atoms with Gasteiger partial charge in [0.05, 0.1) is 6.04 Å². The zero-order chi connectivity index (χ0) is 15.6. The summed E-state index contributed by atoms with van der Waals surface area (Å²) in [6, 6.07) is 4.27. The third-order valence-corrected chi connectivity index (χ3v) is 3.94. The van der Waals surface area contributed by atoms with Gasteiger partial charge >= 0.3 is 0 Å². The van der Waals surface area contributed by atoms with E-state index in [1.807, 2.05) is 13.8 Å². The second kappa shape index (κ2) is 6.45. The first-order valence-electron chi connectivity index (χ1n) is 7.13. The van der Waals surface area contributed by atoms with E-state index in [-0.39, 0.29) is 11.8 Å². The molecule has 0 saturated heterocycles. The van der Waals surface area contributed by atoms with E-state index in [9.17, 15) is 9.59 Å². The zero-order valence-electron chi connectivity index (χ0n) is 12.4. The lowest BCUT2D eigenvalue weighted by Gasteiger charge is -2.25. The Balaban J connectivity index is 2.15. The van der Waals surface area contributed by atoms with Crippen LogP contribution >= 0.6 is 11.6 Å². The molecule has 1 aromatic rings. The average Bonchev–Trinajstić information content (AvgIpc) is 2.76. The highest BCUT2D eigenvalue weighted by molar-refractivity contribution is 6.31. The van der Waals surface area contributed by atoms with E-state index in [0.717, 1.165) is 11.3 Å². The minimum atomic E-state index is -0.548. The zero-order valence-corrected chi connectivity index (χ0v) is 13.2. The van der Waals surface area contributed by atoms with Gasteiger partial charge in [0.1, 0.15) is 6.04 Å². The summed E-state index contributed by atoms with van der Waals surface area (Å²) in [5, 5.41) is 6.46. The third-order valence-electron chi connectivity index (χ3n) is 3.71. The minimum Gasteiger partial charge on any atom is -0.342 e. The lowest BCUT2D eigenvalue weighted by molar-refractivity contribution is -0.133. The van der Waals surface area contributed by atoms with E-state index < -0.39 is 12.1 Å². The Morgan fingerprint density at radius 3 is 2.71 bits per heavy atom. The van der Waals surface area contributed by atoms with Gasteiger partial charge in [0.25, 0.3) is 0 Å². The Kier molecular flexibility index (Phi) is 4.85. The van der Waals surface area contributed by atoms with Gasteiger partial charge in [-0.3, -0.25) is 14.9 Å². The molecule has 0 aliphatic carbocycles. The first-order chi connectivity index (χ1) is 9.97. The fourth-order valence-electron chi connectivity index (χ4n) is 2.53. The maximum absolute atomic E-state index is 12.3. The molecule has 2 unspecified atom stereocenters. The molecule has 1 aromatic carbocycles. The van der Waals surface area contributed by atoms with Crippen molar-refractivity contribution < 1.29 is 9.59 Å². The Bertz CT molecular complexity index is 558. The molecule has 2 amide bonds.